The van der Waals surface area contributed by atoms with Crippen molar-refractivity contribution in [3.05, 3.63) is 48.0 Å². The molecular formula is C24H28F3N3O2. The van der Waals surface area contributed by atoms with Crippen molar-refractivity contribution in [2.75, 3.05) is 17.2 Å². The molecule has 2 aromatic rings. The molecule has 0 aromatic heterocycles. The van der Waals surface area contributed by atoms with E-state index in [-0.39, 0.29) is 12.3 Å². The first kappa shape index (κ1) is 23.6. The molecule has 172 valence electrons. The minimum atomic E-state index is -4.42. The van der Waals surface area contributed by atoms with E-state index in [1.807, 2.05) is 6.07 Å². The van der Waals surface area contributed by atoms with Crippen LogP contribution in [-0.4, -0.2) is 25.3 Å². The van der Waals surface area contributed by atoms with E-state index in [0.29, 0.717) is 29.3 Å². The molecule has 8 heteroatoms. The minimum absolute atomic E-state index is 0.260. The summed E-state index contributed by atoms with van der Waals surface area (Å²) in [5.74, 6) is 1.31. The molecule has 0 spiro atoms. The molecule has 0 heterocycles. The number of nitrogens with zero attached hydrogens (tertiary/aromatic N) is 1. The van der Waals surface area contributed by atoms with E-state index in [4.69, 9.17) is 4.74 Å². The quantitative estimate of drug-likeness (QED) is 0.490. The first-order valence-corrected chi connectivity index (χ1v) is 10.6. The topological polar surface area (TPSA) is 62.7 Å². The van der Waals surface area contributed by atoms with Crippen LogP contribution in [0.4, 0.5) is 30.2 Å². The summed E-state index contributed by atoms with van der Waals surface area (Å²) in [6, 6.07) is 9.92. The largest absolute Gasteiger partial charge is 0.484 e. The fraction of sp³-hybridized carbons (Fsp3) is 0.417. The lowest BCUT2D eigenvalue weighted by atomic mass is 9.80. The Bertz CT molecular complexity index is 934. The molecule has 0 bridgehead atoms. The maximum atomic E-state index is 12.6. The summed E-state index contributed by atoms with van der Waals surface area (Å²) >= 11 is 0. The van der Waals surface area contributed by atoms with Gasteiger partial charge in [-0.1, -0.05) is 13.8 Å². The zero-order valence-electron chi connectivity index (χ0n) is 18.2. The summed E-state index contributed by atoms with van der Waals surface area (Å²) in [4.78, 5) is 16.2. The Morgan fingerprint density at radius 2 is 1.75 bits per heavy atom. The number of carbonyl (C=O) groups excluding carboxylic acids is 1. The Morgan fingerprint density at radius 1 is 1.09 bits per heavy atom. The van der Waals surface area contributed by atoms with Crippen LogP contribution in [0.1, 0.15) is 38.7 Å². The highest BCUT2D eigenvalue weighted by Gasteiger charge is 2.30. The van der Waals surface area contributed by atoms with Crippen molar-refractivity contribution in [2.24, 2.45) is 16.8 Å². The van der Waals surface area contributed by atoms with E-state index in [2.05, 4.69) is 36.2 Å². The summed E-state index contributed by atoms with van der Waals surface area (Å²) in [5, 5.41) is 6.07. The standard InChI is InChI=1S/C24H28F3N3O2/c1-15-10-16(2)12-19(11-15)29-21-9-8-20(13-22(21)28-3)32-14-23(31)30-18-6-4-17(5-7-18)24(25,26)27/h4-9,13,15-16,19,29H,3,10-12,14H2,1-2H3,(H,30,31). The van der Waals surface area contributed by atoms with Gasteiger partial charge in [-0.05, 0) is 74.2 Å². The highest BCUT2D eigenvalue weighted by molar-refractivity contribution is 5.91. The molecule has 1 aliphatic carbocycles. The zero-order valence-corrected chi connectivity index (χ0v) is 18.2. The van der Waals surface area contributed by atoms with Gasteiger partial charge in [0, 0.05) is 17.8 Å². The number of alkyl halides is 3. The third-order valence-corrected chi connectivity index (χ3v) is 5.54. The van der Waals surface area contributed by atoms with Crippen LogP contribution in [0.3, 0.4) is 0 Å². The number of carbonyl (C=O) groups is 1. The average Bonchev–Trinajstić information content (AvgIpc) is 2.72. The van der Waals surface area contributed by atoms with Gasteiger partial charge < -0.3 is 15.4 Å². The minimum Gasteiger partial charge on any atom is -0.484 e. The molecule has 5 nitrogen and oxygen atoms in total. The van der Waals surface area contributed by atoms with Crippen molar-refractivity contribution < 1.29 is 22.7 Å². The number of hydrogen-bond donors (Lipinski definition) is 2. The maximum Gasteiger partial charge on any atom is 0.416 e. The number of ether oxygens (including phenoxy) is 1. The molecule has 32 heavy (non-hydrogen) atoms. The molecule has 2 aromatic carbocycles. The Kier molecular flexibility index (Phi) is 7.43. The van der Waals surface area contributed by atoms with Crippen molar-refractivity contribution in [1.29, 1.82) is 0 Å². The molecule has 0 saturated heterocycles. The van der Waals surface area contributed by atoms with Crippen molar-refractivity contribution in [2.45, 2.75) is 45.3 Å². The first-order chi connectivity index (χ1) is 15.1. The monoisotopic (exact) mass is 447 g/mol. The zero-order chi connectivity index (χ0) is 23.3. The van der Waals surface area contributed by atoms with Gasteiger partial charge in [-0.25, -0.2) is 0 Å². The second kappa shape index (κ2) is 10.1. The predicted octanol–water partition coefficient (Wildman–Crippen LogP) is 6.29. The third-order valence-electron chi connectivity index (χ3n) is 5.54. The molecule has 2 unspecified atom stereocenters. The van der Waals surface area contributed by atoms with Crippen LogP contribution in [0.15, 0.2) is 47.5 Å². The van der Waals surface area contributed by atoms with Gasteiger partial charge in [0.05, 0.1) is 16.9 Å². The van der Waals surface area contributed by atoms with Crippen LogP contribution < -0.4 is 15.4 Å². The fourth-order valence-electron chi connectivity index (χ4n) is 4.23. The van der Waals surface area contributed by atoms with E-state index >= 15 is 0 Å². The molecule has 1 saturated carbocycles. The number of aliphatic imine (C=N–C) groups is 1. The lowest BCUT2D eigenvalue weighted by Gasteiger charge is -2.32. The van der Waals surface area contributed by atoms with Crippen molar-refractivity contribution >= 4 is 29.7 Å². The Labute approximate surface area is 186 Å². The summed E-state index contributed by atoms with van der Waals surface area (Å²) in [6.45, 7) is 7.87. The van der Waals surface area contributed by atoms with E-state index in [9.17, 15) is 18.0 Å². The van der Waals surface area contributed by atoms with Crippen LogP contribution >= 0.6 is 0 Å². The third kappa shape index (κ3) is 6.48. The van der Waals surface area contributed by atoms with Crippen LogP contribution in [0, 0.1) is 11.8 Å². The number of nitrogens with one attached hydrogen (secondary N) is 2. The molecule has 3 rings (SSSR count). The molecule has 0 radical (unpaired) electrons. The average molecular weight is 448 g/mol. The van der Waals surface area contributed by atoms with E-state index < -0.39 is 17.6 Å². The normalized spacial score (nSPS) is 21.0. The van der Waals surface area contributed by atoms with Gasteiger partial charge in [0.2, 0.25) is 0 Å². The van der Waals surface area contributed by atoms with Crippen molar-refractivity contribution in [3.8, 4) is 5.75 Å². The first-order valence-electron chi connectivity index (χ1n) is 10.6. The van der Waals surface area contributed by atoms with Crippen LogP contribution in [-0.2, 0) is 11.0 Å². The fourth-order valence-corrected chi connectivity index (χ4v) is 4.23. The highest BCUT2D eigenvalue weighted by atomic mass is 19.4. The van der Waals surface area contributed by atoms with Gasteiger partial charge in [0.25, 0.3) is 5.91 Å². The number of halogens is 3. The number of benzene rings is 2. The number of hydrogen-bond acceptors (Lipinski definition) is 4. The summed E-state index contributed by atoms with van der Waals surface area (Å²) in [7, 11) is 0. The molecule has 1 fully saturated rings. The smallest absolute Gasteiger partial charge is 0.416 e. The van der Waals surface area contributed by atoms with Crippen LogP contribution in [0.5, 0.6) is 5.75 Å². The number of anilines is 2. The van der Waals surface area contributed by atoms with Gasteiger partial charge in [-0.2, -0.15) is 13.2 Å². The van der Waals surface area contributed by atoms with E-state index in [0.717, 1.165) is 30.7 Å². The van der Waals surface area contributed by atoms with Crippen LogP contribution in [0.25, 0.3) is 0 Å². The summed E-state index contributed by atoms with van der Waals surface area (Å²) in [6.07, 6.45) is -0.976. The number of amides is 1. The van der Waals surface area contributed by atoms with E-state index in [1.54, 1.807) is 12.1 Å². The van der Waals surface area contributed by atoms with Crippen molar-refractivity contribution in [3.63, 3.8) is 0 Å². The Balaban J connectivity index is 1.56. The lowest BCUT2D eigenvalue weighted by Crippen LogP contribution is -2.30. The van der Waals surface area contributed by atoms with Gasteiger partial charge in [-0.3, -0.25) is 9.79 Å². The lowest BCUT2D eigenvalue weighted by molar-refractivity contribution is -0.137. The Hall–Kier alpha value is -3.03. The van der Waals surface area contributed by atoms with Gasteiger partial charge in [0.1, 0.15) is 5.75 Å². The molecule has 1 aliphatic rings. The molecule has 0 aliphatic heterocycles. The summed E-state index contributed by atoms with van der Waals surface area (Å²) in [5.41, 5.74) is 0.988. The van der Waals surface area contributed by atoms with Gasteiger partial charge >= 0.3 is 6.18 Å². The molecule has 1 amide bonds. The van der Waals surface area contributed by atoms with E-state index in [1.165, 1.54) is 18.6 Å². The molecule has 2 N–H and O–H groups in total. The van der Waals surface area contributed by atoms with Crippen molar-refractivity contribution in [1.82, 2.24) is 0 Å². The molecular weight excluding hydrogens is 419 g/mol. The number of rotatable bonds is 7. The highest BCUT2D eigenvalue weighted by Crippen LogP contribution is 2.35. The van der Waals surface area contributed by atoms with Crippen LogP contribution in [0.2, 0.25) is 0 Å². The van der Waals surface area contributed by atoms with Gasteiger partial charge in [0.15, 0.2) is 6.61 Å². The van der Waals surface area contributed by atoms with Gasteiger partial charge in [-0.15, -0.1) is 0 Å². The second-order valence-corrected chi connectivity index (χ2v) is 8.51. The predicted molar refractivity (Wildman–Crippen MR) is 121 cm³/mol. The second-order valence-electron chi connectivity index (χ2n) is 8.51. The maximum absolute atomic E-state index is 12.6. The molecule has 2 atom stereocenters. The summed E-state index contributed by atoms with van der Waals surface area (Å²) < 4.78 is 43.4. The SMILES string of the molecule is C=Nc1cc(OCC(=O)Nc2ccc(C(F)(F)F)cc2)ccc1NC1CC(C)CC(C)C1. The Morgan fingerprint density at radius 3 is 2.34 bits per heavy atom.